The van der Waals surface area contributed by atoms with Crippen LogP contribution in [0.15, 0.2) is 36.8 Å². The lowest BCUT2D eigenvalue weighted by atomic mass is 10.3. The normalized spacial score (nSPS) is 9.79. The minimum atomic E-state index is 0.376. The van der Waals surface area contributed by atoms with Gasteiger partial charge >= 0.3 is 0 Å². The monoisotopic (exact) mass is 294 g/mol. The fourth-order valence-electron chi connectivity index (χ4n) is 1.41. The van der Waals surface area contributed by atoms with E-state index < -0.39 is 0 Å². The Morgan fingerprint density at radius 3 is 2.84 bits per heavy atom. The van der Waals surface area contributed by atoms with Crippen molar-refractivity contribution in [3.8, 4) is 5.75 Å². The van der Waals surface area contributed by atoms with Gasteiger partial charge in [0.15, 0.2) is 10.9 Å². The van der Waals surface area contributed by atoms with E-state index in [0.717, 1.165) is 0 Å². The van der Waals surface area contributed by atoms with Crippen molar-refractivity contribution in [2.45, 2.75) is 0 Å². The van der Waals surface area contributed by atoms with Crippen LogP contribution < -0.4 is 15.4 Å². The van der Waals surface area contributed by atoms with E-state index in [1.165, 1.54) is 0 Å². The second-order valence-electron chi connectivity index (χ2n) is 3.51. The Bertz CT molecular complexity index is 579. The second-order valence-corrected chi connectivity index (χ2v) is 4.36. The minimum Gasteiger partial charge on any atom is -0.495 e. The third kappa shape index (κ3) is 3.77. The Hall–Kier alpha value is -1.92. The second kappa shape index (κ2) is 6.31. The first-order valence-electron chi connectivity index (χ1n) is 5.36. The lowest BCUT2D eigenvalue weighted by molar-refractivity contribution is 0.417. The van der Waals surface area contributed by atoms with Crippen molar-refractivity contribution >= 4 is 40.4 Å². The summed E-state index contributed by atoms with van der Waals surface area (Å²) >= 11 is 11.1. The van der Waals surface area contributed by atoms with Crippen LogP contribution in [-0.2, 0) is 0 Å². The average molecular weight is 295 g/mol. The predicted molar refractivity (Wildman–Crippen MR) is 79.9 cm³/mol. The zero-order valence-corrected chi connectivity index (χ0v) is 11.6. The third-order valence-corrected chi connectivity index (χ3v) is 2.65. The maximum atomic E-state index is 5.94. The summed E-state index contributed by atoms with van der Waals surface area (Å²) in [5, 5.41) is 6.87. The van der Waals surface area contributed by atoms with Gasteiger partial charge in [-0.1, -0.05) is 11.6 Å². The smallest absolute Gasteiger partial charge is 0.176 e. The van der Waals surface area contributed by atoms with Gasteiger partial charge in [-0.3, -0.25) is 4.98 Å². The largest absolute Gasteiger partial charge is 0.495 e. The molecular weight excluding hydrogens is 284 g/mol. The SMILES string of the molecule is COc1ccc(Cl)cc1NC(=S)Nc1cnccn1. The Labute approximate surface area is 121 Å². The van der Waals surface area contributed by atoms with Gasteiger partial charge in [0.05, 0.1) is 19.0 Å². The van der Waals surface area contributed by atoms with E-state index >= 15 is 0 Å². The standard InChI is InChI=1S/C12H11ClN4OS/c1-18-10-3-2-8(13)6-9(10)16-12(19)17-11-7-14-4-5-15-11/h2-7H,1H3,(H2,15,16,17,19). The molecule has 98 valence electrons. The number of anilines is 2. The fourth-order valence-corrected chi connectivity index (χ4v) is 1.80. The van der Waals surface area contributed by atoms with Gasteiger partial charge in [-0.2, -0.15) is 0 Å². The van der Waals surface area contributed by atoms with Crippen LogP contribution in [0, 0.1) is 0 Å². The molecule has 0 aliphatic heterocycles. The van der Waals surface area contributed by atoms with Crippen molar-refractivity contribution in [1.82, 2.24) is 9.97 Å². The van der Waals surface area contributed by atoms with Gasteiger partial charge in [-0.25, -0.2) is 4.98 Å². The Balaban J connectivity index is 2.09. The van der Waals surface area contributed by atoms with Crippen molar-refractivity contribution in [3.05, 3.63) is 41.8 Å². The number of aromatic nitrogens is 2. The first-order chi connectivity index (χ1) is 9.19. The Kier molecular flexibility index (Phi) is 4.48. The molecule has 1 aromatic carbocycles. The Morgan fingerprint density at radius 2 is 2.16 bits per heavy atom. The van der Waals surface area contributed by atoms with Crippen LogP contribution in [0.5, 0.6) is 5.75 Å². The molecule has 0 amide bonds. The van der Waals surface area contributed by atoms with E-state index in [0.29, 0.717) is 27.4 Å². The molecule has 7 heteroatoms. The van der Waals surface area contributed by atoms with Crippen LogP contribution in [-0.4, -0.2) is 22.2 Å². The molecule has 2 aromatic rings. The number of hydrogen-bond donors (Lipinski definition) is 2. The number of thiocarbonyl (C=S) groups is 1. The minimum absolute atomic E-state index is 0.376. The molecule has 5 nitrogen and oxygen atoms in total. The zero-order chi connectivity index (χ0) is 13.7. The predicted octanol–water partition coefficient (Wildman–Crippen LogP) is 2.95. The summed E-state index contributed by atoms with van der Waals surface area (Å²) in [4.78, 5) is 8.00. The van der Waals surface area contributed by atoms with E-state index in [4.69, 9.17) is 28.6 Å². The molecule has 0 aliphatic rings. The van der Waals surface area contributed by atoms with Crippen LogP contribution >= 0.6 is 23.8 Å². The number of methoxy groups -OCH3 is 1. The maximum absolute atomic E-state index is 5.94. The molecule has 1 heterocycles. The molecule has 0 fully saturated rings. The summed E-state index contributed by atoms with van der Waals surface area (Å²) in [6, 6.07) is 5.23. The van der Waals surface area contributed by atoms with Gasteiger partial charge < -0.3 is 15.4 Å². The molecule has 2 N–H and O–H groups in total. The molecule has 1 aromatic heterocycles. The van der Waals surface area contributed by atoms with E-state index in [2.05, 4.69) is 20.6 Å². The van der Waals surface area contributed by atoms with Crippen molar-refractivity contribution in [1.29, 1.82) is 0 Å². The summed E-state index contributed by atoms with van der Waals surface area (Å²) in [6.07, 6.45) is 4.73. The first-order valence-corrected chi connectivity index (χ1v) is 6.15. The number of benzene rings is 1. The molecule has 2 rings (SSSR count). The highest BCUT2D eigenvalue weighted by atomic mass is 35.5. The van der Waals surface area contributed by atoms with Gasteiger partial charge in [0.25, 0.3) is 0 Å². The van der Waals surface area contributed by atoms with Crippen molar-refractivity contribution < 1.29 is 4.74 Å². The summed E-state index contributed by atoms with van der Waals surface area (Å²) < 4.78 is 5.21. The molecule has 0 saturated heterocycles. The number of nitrogens with zero attached hydrogens (tertiary/aromatic N) is 2. The molecular formula is C12H11ClN4OS. The molecule has 0 unspecified atom stereocenters. The fraction of sp³-hybridized carbons (Fsp3) is 0.0833. The highest BCUT2D eigenvalue weighted by Crippen LogP contribution is 2.27. The highest BCUT2D eigenvalue weighted by Gasteiger charge is 2.06. The molecule has 19 heavy (non-hydrogen) atoms. The van der Waals surface area contributed by atoms with E-state index in [1.807, 2.05) is 0 Å². The summed E-state index contributed by atoms with van der Waals surface area (Å²) in [5.41, 5.74) is 0.677. The quantitative estimate of drug-likeness (QED) is 0.849. The lowest BCUT2D eigenvalue weighted by Crippen LogP contribution is -2.20. The van der Waals surface area contributed by atoms with Crippen LogP contribution in [0.25, 0.3) is 0 Å². The van der Waals surface area contributed by atoms with Crippen molar-refractivity contribution in [3.63, 3.8) is 0 Å². The van der Waals surface area contributed by atoms with E-state index in [-0.39, 0.29) is 0 Å². The van der Waals surface area contributed by atoms with E-state index in [9.17, 15) is 0 Å². The van der Waals surface area contributed by atoms with Gasteiger partial charge in [-0.15, -0.1) is 0 Å². The number of ether oxygens (including phenoxy) is 1. The maximum Gasteiger partial charge on any atom is 0.176 e. The first kappa shape index (κ1) is 13.5. The Morgan fingerprint density at radius 1 is 1.32 bits per heavy atom. The average Bonchev–Trinajstić information content (AvgIpc) is 2.40. The van der Waals surface area contributed by atoms with Gasteiger partial charge in [0, 0.05) is 17.4 Å². The van der Waals surface area contributed by atoms with E-state index in [1.54, 1.807) is 43.9 Å². The number of nitrogens with one attached hydrogen (secondary N) is 2. The summed E-state index contributed by atoms with van der Waals surface area (Å²) in [5.74, 6) is 1.20. The molecule has 0 bridgehead atoms. The third-order valence-electron chi connectivity index (χ3n) is 2.21. The van der Waals surface area contributed by atoms with Crippen LogP contribution in [0.2, 0.25) is 5.02 Å². The van der Waals surface area contributed by atoms with Gasteiger partial charge in [0.2, 0.25) is 0 Å². The van der Waals surface area contributed by atoms with Crippen molar-refractivity contribution in [2.75, 3.05) is 17.7 Å². The van der Waals surface area contributed by atoms with Crippen LogP contribution in [0.3, 0.4) is 0 Å². The molecule has 0 aliphatic carbocycles. The van der Waals surface area contributed by atoms with Gasteiger partial charge in [-0.05, 0) is 30.4 Å². The molecule has 0 atom stereocenters. The molecule has 0 spiro atoms. The molecule has 0 radical (unpaired) electrons. The van der Waals surface area contributed by atoms with Crippen molar-refractivity contribution in [2.24, 2.45) is 0 Å². The summed E-state index contributed by atoms with van der Waals surface area (Å²) in [6.45, 7) is 0. The number of rotatable bonds is 3. The number of hydrogen-bond acceptors (Lipinski definition) is 4. The summed E-state index contributed by atoms with van der Waals surface area (Å²) in [7, 11) is 1.58. The van der Waals surface area contributed by atoms with Crippen LogP contribution in [0.4, 0.5) is 11.5 Å². The topological polar surface area (TPSA) is 59.1 Å². The lowest BCUT2D eigenvalue weighted by Gasteiger charge is -2.13. The zero-order valence-electron chi connectivity index (χ0n) is 10.1. The highest BCUT2D eigenvalue weighted by molar-refractivity contribution is 7.80. The van der Waals surface area contributed by atoms with Gasteiger partial charge in [0.1, 0.15) is 5.75 Å². The van der Waals surface area contributed by atoms with Crippen LogP contribution in [0.1, 0.15) is 0 Å². The molecule has 0 saturated carbocycles. The number of halogens is 1.